The van der Waals surface area contributed by atoms with Gasteiger partial charge in [0, 0.05) is 40.5 Å². The van der Waals surface area contributed by atoms with Crippen LogP contribution in [0.5, 0.6) is 5.88 Å². The zero-order valence-electron chi connectivity index (χ0n) is 15.5. The Labute approximate surface area is 171 Å². The maximum absolute atomic E-state index is 11.5. The molecular weight excluding hydrogens is 392 g/mol. The molecule has 0 radical (unpaired) electrons. The van der Waals surface area contributed by atoms with E-state index in [0.717, 1.165) is 17.0 Å². The molecule has 7 nitrogen and oxygen atoms in total. The summed E-state index contributed by atoms with van der Waals surface area (Å²) in [4.78, 5) is 20.2. The highest BCUT2D eigenvalue weighted by molar-refractivity contribution is 6.31. The summed E-state index contributed by atoms with van der Waals surface area (Å²) in [6.07, 6.45) is 4.28. The summed E-state index contributed by atoms with van der Waals surface area (Å²) in [7, 11) is 1.40. The number of carboxylic acids is 1. The first-order valence-electron chi connectivity index (χ1n) is 8.86. The van der Waals surface area contributed by atoms with Gasteiger partial charge in [0.2, 0.25) is 5.88 Å². The molecule has 29 heavy (non-hydrogen) atoms. The Kier molecular flexibility index (Phi) is 5.14. The highest BCUT2D eigenvalue weighted by Gasteiger charge is 2.17. The van der Waals surface area contributed by atoms with Crippen LogP contribution in [0.15, 0.2) is 54.9 Å². The van der Waals surface area contributed by atoms with Crippen LogP contribution in [0.3, 0.4) is 0 Å². The highest BCUT2D eigenvalue weighted by Crippen LogP contribution is 2.28. The van der Waals surface area contributed by atoms with Crippen molar-refractivity contribution in [2.75, 3.05) is 7.11 Å². The van der Waals surface area contributed by atoms with E-state index in [1.165, 1.54) is 13.2 Å². The van der Waals surface area contributed by atoms with Crippen LogP contribution in [0.1, 0.15) is 27.3 Å². The molecule has 3 aromatic heterocycles. The van der Waals surface area contributed by atoms with Gasteiger partial charge >= 0.3 is 5.97 Å². The maximum Gasteiger partial charge on any atom is 0.341 e. The summed E-state index contributed by atoms with van der Waals surface area (Å²) in [6.45, 7) is 0.432. The Morgan fingerprint density at radius 3 is 2.79 bits per heavy atom. The predicted octanol–water partition coefficient (Wildman–Crippen LogP) is 3.83. The topological polar surface area (TPSA) is 90.1 Å². The maximum atomic E-state index is 11.5. The van der Waals surface area contributed by atoms with Crippen molar-refractivity contribution in [3.05, 3.63) is 82.4 Å². The van der Waals surface area contributed by atoms with Gasteiger partial charge in [-0.25, -0.2) is 9.78 Å². The van der Waals surface area contributed by atoms with Crippen molar-refractivity contribution in [1.29, 1.82) is 0 Å². The lowest BCUT2D eigenvalue weighted by atomic mass is 10.1. The van der Waals surface area contributed by atoms with Gasteiger partial charge in [0.05, 0.1) is 24.9 Å². The molecule has 1 N–H and O–H groups in total. The normalized spacial score (nSPS) is 11.0. The summed E-state index contributed by atoms with van der Waals surface area (Å²) in [5.41, 5.74) is 3.27. The van der Waals surface area contributed by atoms with Crippen molar-refractivity contribution in [1.82, 2.24) is 19.7 Å². The number of aromatic carboxylic acids is 1. The Bertz CT molecular complexity index is 1190. The van der Waals surface area contributed by atoms with E-state index in [1.54, 1.807) is 23.0 Å². The SMILES string of the molecule is COc1nc2c(Cn3ccc(Cc4ccccn4)n3)cc(Cl)cc2cc1C(=O)O. The molecule has 0 atom stereocenters. The van der Waals surface area contributed by atoms with Crippen molar-refractivity contribution >= 4 is 28.5 Å². The van der Waals surface area contributed by atoms with Gasteiger partial charge in [-0.15, -0.1) is 0 Å². The number of benzene rings is 1. The molecule has 4 aromatic rings. The van der Waals surface area contributed by atoms with E-state index in [4.69, 9.17) is 16.3 Å². The van der Waals surface area contributed by atoms with Crippen LogP contribution in [0.25, 0.3) is 10.9 Å². The summed E-state index contributed by atoms with van der Waals surface area (Å²) >= 11 is 6.26. The molecule has 4 rings (SSSR count). The molecule has 8 heteroatoms. The zero-order valence-corrected chi connectivity index (χ0v) is 16.3. The largest absolute Gasteiger partial charge is 0.480 e. The van der Waals surface area contributed by atoms with Crippen LogP contribution in [0.2, 0.25) is 5.02 Å². The molecule has 0 bridgehead atoms. The standard InChI is InChI=1S/C21H17ClN4O3/c1-29-20-18(21(27)28)10-13-8-15(22)9-14(19(13)24-20)12-26-7-5-17(25-26)11-16-4-2-3-6-23-16/h2-10H,11-12H2,1H3,(H,27,28). The first-order chi connectivity index (χ1) is 14.0. The number of ether oxygens (including phenoxy) is 1. The molecular formula is C21H17ClN4O3. The van der Waals surface area contributed by atoms with Crippen LogP contribution in [0, 0.1) is 0 Å². The van der Waals surface area contributed by atoms with Crippen LogP contribution in [-0.4, -0.2) is 37.9 Å². The molecule has 0 saturated carbocycles. The number of nitrogens with zero attached hydrogens (tertiary/aromatic N) is 4. The molecule has 1 aromatic carbocycles. The van der Waals surface area contributed by atoms with Gasteiger partial charge in [0.15, 0.2) is 0 Å². The molecule has 0 spiro atoms. The molecule has 0 saturated heterocycles. The third kappa shape index (κ3) is 4.05. The van der Waals surface area contributed by atoms with Crippen LogP contribution >= 0.6 is 11.6 Å². The summed E-state index contributed by atoms with van der Waals surface area (Å²) in [5.74, 6) is -1.05. The lowest BCUT2D eigenvalue weighted by Crippen LogP contribution is -2.06. The van der Waals surface area contributed by atoms with Gasteiger partial charge in [-0.05, 0) is 36.4 Å². The van der Waals surface area contributed by atoms with E-state index >= 15 is 0 Å². The van der Waals surface area contributed by atoms with Gasteiger partial charge in [0.1, 0.15) is 5.56 Å². The zero-order chi connectivity index (χ0) is 20.4. The fourth-order valence-corrected chi connectivity index (χ4v) is 3.43. The molecule has 3 heterocycles. The number of methoxy groups -OCH3 is 1. The van der Waals surface area contributed by atoms with E-state index in [0.29, 0.717) is 28.9 Å². The Morgan fingerprint density at radius 1 is 1.21 bits per heavy atom. The van der Waals surface area contributed by atoms with E-state index in [2.05, 4.69) is 15.1 Å². The summed E-state index contributed by atoms with van der Waals surface area (Å²) in [6, 6.07) is 12.7. The van der Waals surface area contributed by atoms with Crippen LogP contribution < -0.4 is 4.74 Å². The Morgan fingerprint density at radius 2 is 2.07 bits per heavy atom. The lowest BCUT2D eigenvalue weighted by molar-refractivity contribution is 0.0692. The number of pyridine rings is 2. The Balaban J connectivity index is 1.68. The summed E-state index contributed by atoms with van der Waals surface area (Å²) < 4.78 is 6.96. The van der Waals surface area contributed by atoms with Crippen molar-refractivity contribution in [2.24, 2.45) is 0 Å². The Hall–Kier alpha value is -3.45. The average Bonchev–Trinajstić information content (AvgIpc) is 3.14. The lowest BCUT2D eigenvalue weighted by Gasteiger charge is -2.11. The number of halogens is 1. The van der Waals surface area contributed by atoms with Crippen molar-refractivity contribution < 1.29 is 14.6 Å². The molecule has 146 valence electrons. The van der Waals surface area contributed by atoms with Crippen LogP contribution in [0.4, 0.5) is 0 Å². The second-order valence-electron chi connectivity index (χ2n) is 6.49. The highest BCUT2D eigenvalue weighted by atomic mass is 35.5. The molecule has 0 fully saturated rings. The second kappa shape index (κ2) is 7.89. The number of aromatic nitrogens is 4. The number of hydrogen-bond acceptors (Lipinski definition) is 5. The predicted molar refractivity (Wildman–Crippen MR) is 109 cm³/mol. The van der Waals surface area contributed by atoms with Crippen molar-refractivity contribution in [3.8, 4) is 5.88 Å². The van der Waals surface area contributed by atoms with Gasteiger partial charge in [0.25, 0.3) is 0 Å². The number of carbonyl (C=O) groups is 1. The third-order valence-electron chi connectivity index (χ3n) is 4.47. The second-order valence-corrected chi connectivity index (χ2v) is 6.93. The van der Waals surface area contributed by atoms with Gasteiger partial charge in [-0.2, -0.15) is 5.10 Å². The minimum Gasteiger partial charge on any atom is -0.480 e. The van der Waals surface area contributed by atoms with Gasteiger partial charge < -0.3 is 9.84 Å². The monoisotopic (exact) mass is 408 g/mol. The molecule has 0 aliphatic heterocycles. The molecule has 0 amide bonds. The van der Waals surface area contributed by atoms with E-state index in [-0.39, 0.29) is 11.4 Å². The summed E-state index contributed by atoms with van der Waals surface area (Å²) in [5, 5.41) is 15.1. The number of hydrogen-bond donors (Lipinski definition) is 1. The van der Waals surface area contributed by atoms with Gasteiger partial charge in [-0.1, -0.05) is 17.7 Å². The number of rotatable bonds is 6. The first kappa shape index (κ1) is 18.9. The number of fused-ring (bicyclic) bond motifs is 1. The minimum absolute atomic E-state index is 0.00930. The fourth-order valence-electron chi connectivity index (χ4n) is 3.18. The molecule has 0 aliphatic carbocycles. The number of carboxylic acid groups (broad SMARTS) is 1. The third-order valence-corrected chi connectivity index (χ3v) is 4.69. The van der Waals surface area contributed by atoms with Gasteiger partial charge in [-0.3, -0.25) is 9.67 Å². The minimum atomic E-state index is -1.11. The van der Waals surface area contributed by atoms with Crippen molar-refractivity contribution in [3.63, 3.8) is 0 Å². The smallest absolute Gasteiger partial charge is 0.341 e. The van der Waals surface area contributed by atoms with E-state index in [9.17, 15) is 9.90 Å². The van der Waals surface area contributed by atoms with E-state index in [1.807, 2.05) is 30.5 Å². The van der Waals surface area contributed by atoms with Crippen molar-refractivity contribution in [2.45, 2.75) is 13.0 Å². The first-order valence-corrected chi connectivity index (χ1v) is 9.24. The van der Waals surface area contributed by atoms with Crippen LogP contribution in [-0.2, 0) is 13.0 Å². The molecule has 0 aliphatic rings. The average molecular weight is 409 g/mol. The van der Waals surface area contributed by atoms with E-state index < -0.39 is 5.97 Å². The fraction of sp³-hybridized carbons (Fsp3) is 0.143. The molecule has 0 unspecified atom stereocenters. The quantitative estimate of drug-likeness (QED) is 0.521.